The zero-order valence-electron chi connectivity index (χ0n) is 7.40. The van der Waals surface area contributed by atoms with Crippen LogP contribution in [0.15, 0.2) is 34.8 Å². The molecule has 74 valence electrons. The predicted octanol–water partition coefficient (Wildman–Crippen LogP) is 1.69. The first-order valence-corrected chi connectivity index (χ1v) is 5.09. The molecular weight excluding hydrogens is 246 g/mol. The van der Waals surface area contributed by atoms with E-state index >= 15 is 0 Å². The Morgan fingerprint density at radius 2 is 2.07 bits per heavy atom. The summed E-state index contributed by atoms with van der Waals surface area (Å²) in [5, 5.41) is 8.86. The van der Waals surface area contributed by atoms with E-state index in [0.29, 0.717) is 0 Å². The van der Waals surface area contributed by atoms with Gasteiger partial charge >= 0.3 is 0 Å². The van der Waals surface area contributed by atoms with Gasteiger partial charge in [0.25, 0.3) is 0 Å². The van der Waals surface area contributed by atoms with Crippen molar-refractivity contribution in [3.63, 3.8) is 0 Å². The molecule has 1 heterocycles. The van der Waals surface area contributed by atoms with Gasteiger partial charge in [-0.25, -0.2) is 0 Å². The third-order valence-electron chi connectivity index (χ3n) is 2.01. The van der Waals surface area contributed by atoms with Crippen LogP contribution in [-0.2, 0) is 4.84 Å². The molecule has 4 heteroatoms. The molecule has 0 radical (unpaired) electrons. The second kappa shape index (κ2) is 4.13. The van der Waals surface area contributed by atoms with Crippen LogP contribution in [0.5, 0.6) is 0 Å². The van der Waals surface area contributed by atoms with Gasteiger partial charge in [-0.2, -0.15) is 0 Å². The molecule has 14 heavy (non-hydrogen) atoms. The molecule has 0 bridgehead atoms. The fraction of sp³-hybridized carbons (Fsp3) is 0.200. The summed E-state index contributed by atoms with van der Waals surface area (Å²) in [5.74, 6) is 0. The molecule has 0 amide bonds. The fourth-order valence-electron chi connectivity index (χ4n) is 1.27. The van der Waals surface area contributed by atoms with Crippen LogP contribution in [0, 0.1) is 0 Å². The number of halogens is 1. The standard InChI is InChI=1S/C10H10BrNO2/c11-8-3-1-7(2-4-8)10-5-9(6-13)14-12-10/h1-5,9,12-13H,6H2/t9-/m1/s1. The minimum absolute atomic E-state index is 0.00692. The van der Waals surface area contributed by atoms with Crippen LogP contribution in [0.4, 0.5) is 0 Å². The lowest BCUT2D eigenvalue weighted by atomic mass is 10.1. The van der Waals surface area contributed by atoms with E-state index < -0.39 is 0 Å². The highest BCUT2D eigenvalue weighted by Gasteiger charge is 2.15. The molecule has 0 saturated heterocycles. The molecule has 0 unspecified atom stereocenters. The van der Waals surface area contributed by atoms with Gasteiger partial charge in [-0.05, 0) is 23.8 Å². The van der Waals surface area contributed by atoms with Crippen LogP contribution in [0.2, 0.25) is 0 Å². The van der Waals surface area contributed by atoms with Gasteiger partial charge in [0.1, 0.15) is 6.10 Å². The van der Waals surface area contributed by atoms with Crippen molar-refractivity contribution >= 4 is 21.6 Å². The van der Waals surface area contributed by atoms with E-state index in [1.807, 2.05) is 30.3 Å². The van der Waals surface area contributed by atoms with E-state index in [-0.39, 0.29) is 12.7 Å². The van der Waals surface area contributed by atoms with Crippen molar-refractivity contribution in [1.29, 1.82) is 0 Å². The Morgan fingerprint density at radius 1 is 1.36 bits per heavy atom. The van der Waals surface area contributed by atoms with Crippen molar-refractivity contribution in [2.75, 3.05) is 6.61 Å². The van der Waals surface area contributed by atoms with Crippen molar-refractivity contribution in [3.05, 3.63) is 40.4 Å². The van der Waals surface area contributed by atoms with Gasteiger partial charge in [0.15, 0.2) is 0 Å². The van der Waals surface area contributed by atoms with Crippen LogP contribution in [-0.4, -0.2) is 17.8 Å². The van der Waals surface area contributed by atoms with Gasteiger partial charge in [0.2, 0.25) is 0 Å². The number of nitrogens with one attached hydrogen (secondary N) is 1. The summed E-state index contributed by atoms with van der Waals surface area (Å²) in [5.41, 5.74) is 4.72. The molecule has 2 rings (SSSR count). The summed E-state index contributed by atoms with van der Waals surface area (Å²) in [6, 6.07) is 7.88. The third kappa shape index (κ3) is 1.97. The Morgan fingerprint density at radius 3 is 2.64 bits per heavy atom. The second-order valence-electron chi connectivity index (χ2n) is 3.03. The van der Waals surface area contributed by atoms with Crippen LogP contribution in [0.3, 0.4) is 0 Å². The van der Waals surface area contributed by atoms with E-state index in [9.17, 15) is 0 Å². The van der Waals surface area contributed by atoms with Crippen molar-refractivity contribution in [1.82, 2.24) is 5.48 Å². The van der Waals surface area contributed by atoms with Crippen molar-refractivity contribution < 1.29 is 9.94 Å². The number of hydrogen-bond acceptors (Lipinski definition) is 3. The molecule has 0 fully saturated rings. The number of hydrogen-bond donors (Lipinski definition) is 2. The number of aliphatic hydroxyl groups is 1. The Hall–Kier alpha value is -0.840. The molecule has 0 aliphatic carbocycles. The quantitative estimate of drug-likeness (QED) is 0.846. The van der Waals surface area contributed by atoms with Crippen LogP contribution >= 0.6 is 15.9 Å². The molecule has 0 saturated carbocycles. The minimum Gasteiger partial charge on any atom is -0.393 e. The topological polar surface area (TPSA) is 41.5 Å². The first kappa shape index (κ1) is 9.71. The average Bonchev–Trinajstić information content (AvgIpc) is 2.67. The zero-order valence-corrected chi connectivity index (χ0v) is 8.99. The Balaban J connectivity index is 2.20. The van der Waals surface area contributed by atoms with E-state index in [4.69, 9.17) is 9.94 Å². The van der Waals surface area contributed by atoms with Gasteiger partial charge < -0.3 is 5.11 Å². The molecular formula is C10H10BrNO2. The van der Waals surface area contributed by atoms with E-state index in [1.165, 1.54) is 0 Å². The molecule has 1 aromatic carbocycles. The molecule has 0 spiro atoms. The van der Waals surface area contributed by atoms with Gasteiger partial charge in [0, 0.05) is 4.47 Å². The van der Waals surface area contributed by atoms with Crippen LogP contribution < -0.4 is 5.48 Å². The highest BCUT2D eigenvalue weighted by atomic mass is 79.9. The normalized spacial score (nSPS) is 20.4. The first-order valence-electron chi connectivity index (χ1n) is 4.30. The Kier molecular flexibility index (Phi) is 2.86. The lowest BCUT2D eigenvalue weighted by molar-refractivity contribution is 0.0173. The predicted molar refractivity (Wildman–Crippen MR) is 57.2 cm³/mol. The summed E-state index contributed by atoms with van der Waals surface area (Å²) in [4.78, 5) is 5.10. The van der Waals surface area contributed by atoms with Gasteiger partial charge in [-0.3, -0.25) is 10.3 Å². The largest absolute Gasteiger partial charge is 0.393 e. The Bertz CT molecular complexity index is 348. The lowest BCUT2D eigenvalue weighted by Gasteiger charge is -2.03. The molecule has 2 N–H and O–H groups in total. The highest BCUT2D eigenvalue weighted by molar-refractivity contribution is 9.10. The molecule has 1 aliphatic heterocycles. The second-order valence-corrected chi connectivity index (χ2v) is 3.94. The van der Waals surface area contributed by atoms with E-state index in [1.54, 1.807) is 0 Å². The summed E-state index contributed by atoms with van der Waals surface area (Å²) >= 11 is 3.37. The van der Waals surface area contributed by atoms with E-state index in [2.05, 4.69) is 21.4 Å². The average molecular weight is 256 g/mol. The summed E-state index contributed by atoms with van der Waals surface area (Å²) in [6.45, 7) is -0.00692. The molecule has 0 aromatic heterocycles. The number of hydroxylamine groups is 1. The van der Waals surface area contributed by atoms with Gasteiger partial charge in [-0.1, -0.05) is 28.1 Å². The SMILES string of the molecule is OC[C@H]1C=C(c2ccc(Br)cc2)NO1. The van der Waals surface area contributed by atoms with Gasteiger partial charge in [0.05, 0.1) is 12.3 Å². The van der Waals surface area contributed by atoms with E-state index in [0.717, 1.165) is 15.7 Å². The van der Waals surface area contributed by atoms with Crippen LogP contribution in [0.25, 0.3) is 5.70 Å². The fourth-order valence-corrected chi connectivity index (χ4v) is 1.53. The Labute approximate surface area is 90.5 Å². The molecule has 1 aliphatic rings. The first-order chi connectivity index (χ1) is 6.79. The lowest BCUT2D eigenvalue weighted by Crippen LogP contribution is -2.15. The summed E-state index contributed by atoms with van der Waals surface area (Å²) in [7, 11) is 0. The number of rotatable bonds is 2. The smallest absolute Gasteiger partial charge is 0.129 e. The monoisotopic (exact) mass is 255 g/mol. The maximum Gasteiger partial charge on any atom is 0.129 e. The highest BCUT2D eigenvalue weighted by Crippen LogP contribution is 2.20. The van der Waals surface area contributed by atoms with Gasteiger partial charge in [-0.15, -0.1) is 0 Å². The van der Waals surface area contributed by atoms with Crippen molar-refractivity contribution in [3.8, 4) is 0 Å². The molecule has 1 aromatic rings. The summed E-state index contributed by atoms with van der Waals surface area (Å²) in [6.07, 6.45) is 1.62. The van der Waals surface area contributed by atoms with Crippen LogP contribution in [0.1, 0.15) is 5.56 Å². The summed E-state index contributed by atoms with van der Waals surface area (Å²) < 4.78 is 1.04. The molecule has 3 nitrogen and oxygen atoms in total. The minimum atomic E-state index is -0.242. The maximum absolute atomic E-state index is 8.86. The zero-order chi connectivity index (χ0) is 9.97. The van der Waals surface area contributed by atoms with Crippen molar-refractivity contribution in [2.24, 2.45) is 0 Å². The third-order valence-corrected chi connectivity index (χ3v) is 2.54. The van der Waals surface area contributed by atoms with Crippen molar-refractivity contribution in [2.45, 2.75) is 6.10 Å². The maximum atomic E-state index is 8.86. The number of aliphatic hydroxyl groups excluding tert-OH is 1. The molecule has 1 atom stereocenters. The number of benzene rings is 1.